The van der Waals surface area contributed by atoms with E-state index in [2.05, 4.69) is 42.5 Å². The highest BCUT2D eigenvalue weighted by molar-refractivity contribution is 6.09. The molecule has 0 aromatic heterocycles. The molecular formula is C76H72N8O14. The summed E-state index contributed by atoms with van der Waals surface area (Å²) in [7, 11) is 6.91. The number of hydrogen-bond donors (Lipinski definition) is 14. The van der Waals surface area contributed by atoms with Crippen LogP contribution in [0.1, 0.15) is 111 Å². The lowest BCUT2D eigenvalue weighted by atomic mass is 10.0. The Morgan fingerprint density at radius 1 is 0.224 bits per heavy atom. The maximum absolute atomic E-state index is 12.4. The zero-order valence-electron chi connectivity index (χ0n) is 54.6. The Hall–Kier alpha value is -13.2. The molecule has 0 unspecified atom stereocenters. The van der Waals surface area contributed by atoms with Gasteiger partial charge < -0.3 is 73.2 Å². The van der Waals surface area contributed by atoms with Crippen LogP contribution in [0.15, 0.2) is 206 Å². The molecule has 0 atom stereocenters. The fourth-order valence-electron chi connectivity index (χ4n) is 9.26. The van der Waals surface area contributed by atoms with Crippen molar-refractivity contribution in [3.8, 4) is 56.8 Å². The first-order valence-electron chi connectivity index (χ1n) is 30.2. The molecule has 10 rings (SSSR count). The van der Waals surface area contributed by atoms with Crippen LogP contribution in [-0.2, 0) is 0 Å². The molecule has 500 valence electrons. The average Bonchev–Trinajstić information content (AvgIpc) is 0.847. The van der Waals surface area contributed by atoms with Crippen LogP contribution in [0.4, 0.5) is 45.5 Å². The van der Waals surface area contributed by atoms with Gasteiger partial charge in [-0.1, -0.05) is 78.9 Å². The van der Waals surface area contributed by atoms with Gasteiger partial charge in [0.2, 0.25) is 0 Å². The number of anilines is 8. The molecule has 22 nitrogen and oxygen atoms in total. The topological polar surface area (TPSA) is 354 Å². The van der Waals surface area contributed by atoms with E-state index in [1.54, 1.807) is 155 Å². The minimum atomic E-state index is -0.456. The minimum Gasteiger partial charge on any atom is -0.506 e. The van der Waals surface area contributed by atoms with Crippen molar-refractivity contribution >= 4 is 92.3 Å². The summed E-state index contributed by atoms with van der Waals surface area (Å²) in [4.78, 5) is 93.9. The number of ketones is 4. The number of hydrogen-bond acceptors (Lipinski definition) is 18. The molecule has 0 saturated heterocycles. The highest BCUT2D eigenvalue weighted by atomic mass is 16.3. The van der Waals surface area contributed by atoms with Crippen molar-refractivity contribution < 1.29 is 69.0 Å². The molecule has 10 aromatic rings. The monoisotopic (exact) mass is 1320 g/mol. The molecule has 0 aliphatic heterocycles. The van der Waals surface area contributed by atoms with Crippen molar-refractivity contribution in [1.82, 2.24) is 0 Å². The number of Topliss-reactive ketones (excluding diaryl/α,β-unsaturated/α-hetero) is 4. The Morgan fingerprint density at radius 2 is 0.459 bits per heavy atom. The van der Waals surface area contributed by atoms with Crippen LogP contribution in [0.25, 0.3) is 22.3 Å². The second-order valence-electron chi connectivity index (χ2n) is 21.7. The van der Waals surface area contributed by atoms with Crippen LogP contribution in [0, 0.1) is 0 Å². The normalized spacial score (nSPS) is 10.2. The third kappa shape index (κ3) is 19.4. The lowest BCUT2D eigenvalue weighted by Crippen LogP contribution is -2.12. The molecule has 0 spiro atoms. The Kier molecular flexibility index (Phi) is 24.7. The largest absolute Gasteiger partial charge is 0.506 e. The summed E-state index contributed by atoms with van der Waals surface area (Å²) in [6.07, 6.45) is 0. The number of nitrogens with one attached hydrogen (secondary N) is 8. The fraction of sp³-hybridized carbons (Fsp3) is 0.105. The van der Waals surface area contributed by atoms with Gasteiger partial charge in [0.05, 0.1) is 34.1 Å². The summed E-state index contributed by atoms with van der Waals surface area (Å²) in [6.45, 7) is 5.84. The van der Waals surface area contributed by atoms with Gasteiger partial charge in [-0.3, -0.25) is 38.4 Å². The van der Waals surface area contributed by atoms with Gasteiger partial charge in [0.1, 0.15) is 34.5 Å². The van der Waals surface area contributed by atoms with E-state index in [0.717, 1.165) is 28.1 Å². The van der Waals surface area contributed by atoms with Gasteiger partial charge in [-0.05, 0) is 159 Å². The average molecular weight is 1320 g/mol. The van der Waals surface area contributed by atoms with Crippen LogP contribution in [-0.4, -0.2) is 106 Å². The number of carbonyl (C=O) groups excluding carboxylic acids is 8. The van der Waals surface area contributed by atoms with Crippen molar-refractivity contribution in [3.63, 3.8) is 0 Å². The molecule has 4 amide bonds. The van der Waals surface area contributed by atoms with Gasteiger partial charge in [-0.25, -0.2) is 0 Å². The summed E-state index contributed by atoms with van der Waals surface area (Å²) in [6, 6.07) is 55.5. The quantitative estimate of drug-likeness (QED) is 0.0216. The molecule has 14 N–H and O–H groups in total. The highest BCUT2D eigenvalue weighted by Crippen LogP contribution is 2.37. The maximum atomic E-state index is 12.4. The first-order chi connectivity index (χ1) is 46.8. The molecule has 0 fully saturated rings. The SMILES string of the molecule is CNc1cc(O)c(NC(=O)c2ccc(C(C)=O)cc2)cc1O.CNc1ccc(-c2ccc(NC(=O)c3ccc(C(C)=O)cc3)c(O)c2)cc1.CNc1ccc(-c2ccc(NC(=O)c3ccc(C(C)=O)cc3)c(O)c2)cc1O.CNc1ccc(NC(=O)c2ccc(C(C)=O)cc2)c(O)c1. The van der Waals surface area contributed by atoms with E-state index in [9.17, 15) is 69.0 Å². The second kappa shape index (κ2) is 33.6. The predicted molar refractivity (Wildman–Crippen MR) is 382 cm³/mol. The minimum absolute atomic E-state index is 0.0149. The van der Waals surface area contributed by atoms with Crippen molar-refractivity contribution in [2.45, 2.75) is 27.7 Å². The Morgan fingerprint density at radius 3 is 0.755 bits per heavy atom. The zero-order valence-corrected chi connectivity index (χ0v) is 54.6. The van der Waals surface area contributed by atoms with Gasteiger partial charge in [0, 0.05) is 102 Å². The second-order valence-corrected chi connectivity index (χ2v) is 21.7. The van der Waals surface area contributed by atoms with E-state index >= 15 is 0 Å². The predicted octanol–water partition coefficient (Wildman–Crippen LogP) is 14.3. The molecule has 0 aliphatic carbocycles. The molecule has 10 aromatic carbocycles. The lowest BCUT2D eigenvalue weighted by molar-refractivity contribution is 0.100. The maximum Gasteiger partial charge on any atom is 0.255 e. The van der Waals surface area contributed by atoms with Crippen LogP contribution in [0.3, 0.4) is 0 Å². The third-order valence-corrected chi connectivity index (χ3v) is 15.0. The molecule has 0 aliphatic rings. The number of phenols is 6. The number of carbonyl (C=O) groups is 8. The van der Waals surface area contributed by atoms with Gasteiger partial charge in [0.15, 0.2) is 23.1 Å². The molecular weight excluding hydrogens is 1250 g/mol. The lowest BCUT2D eigenvalue weighted by Gasteiger charge is -2.11. The number of benzene rings is 10. The van der Waals surface area contributed by atoms with Gasteiger partial charge in [-0.15, -0.1) is 0 Å². The summed E-state index contributed by atoms with van der Waals surface area (Å²) < 4.78 is 0. The van der Waals surface area contributed by atoms with E-state index in [0.29, 0.717) is 72.8 Å². The summed E-state index contributed by atoms with van der Waals surface area (Å²) >= 11 is 0. The van der Waals surface area contributed by atoms with Crippen LogP contribution >= 0.6 is 0 Å². The number of amides is 4. The third-order valence-electron chi connectivity index (χ3n) is 15.0. The Balaban J connectivity index is 0.000000185. The number of rotatable bonds is 18. The number of phenolic OH excluding ortho intramolecular Hbond substituents is 6. The zero-order chi connectivity index (χ0) is 71.3. The first-order valence-corrected chi connectivity index (χ1v) is 30.2. The van der Waals surface area contributed by atoms with Gasteiger partial charge in [0.25, 0.3) is 23.6 Å². The highest BCUT2D eigenvalue weighted by Gasteiger charge is 2.17. The van der Waals surface area contributed by atoms with E-state index in [-0.39, 0.29) is 80.8 Å². The van der Waals surface area contributed by atoms with E-state index < -0.39 is 11.8 Å². The smallest absolute Gasteiger partial charge is 0.255 e. The van der Waals surface area contributed by atoms with Crippen LogP contribution in [0.5, 0.6) is 34.5 Å². The van der Waals surface area contributed by atoms with E-state index in [1.807, 2.05) is 43.4 Å². The summed E-state index contributed by atoms with van der Waals surface area (Å²) in [5.41, 5.74) is 10.6. The van der Waals surface area contributed by atoms with E-state index in [4.69, 9.17) is 0 Å². The Labute approximate surface area is 564 Å². The summed E-state index contributed by atoms with van der Waals surface area (Å²) in [5, 5.41) is 82.0. The molecule has 0 heterocycles. The van der Waals surface area contributed by atoms with Crippen molar-refractivity contribution in [3.05, 3.63) is 251 Å². The summed E-state index contributed by atoms with van der Waals surface area (Å²) in [5.74, 6) is -2.12. The molecule has 22 heteroatoms. The molecule has 0 saturated carbocycles. The standard InChI is InChI=1S/C22H20N2O4.C22H20N2O3.C16H16N2O4.C16H16N2O3/c1-13(25)14-3-5-15(6-4-14)22(28)24-19-10-8-17(12-21(19)27)16-7-9-18(23-2)20(26)11-16;1-14(25)15-3-5-17(6-4-15)22(27)24-20-12-9-18(13-21(20)26)16-7-10-19(23-2)11-8-16;1-9(19)10-3-5-11(6-4-10)16(22)18-13-8-14(20)12(17-2)7-15(13)21;1-10(19)11-3-5-12(6-4-11)16(21)18-14-8-7-13(17-2)9-15(14)20/h3-12,23,26-27H,1-2H3,(H,24,28);3-13,23,26H,1-2H3,(H,24,27);3-8,17,20-21H,1-2H3,(H,18,22);3-9,17,20H,1-2H3,(H,18,21). The molecule has 98 heavy (non-hydrogen) atoms. The van der Waals surface area contributed by atoms with Gasteiger partial charge >= 0.3 is 0 Å². The van der Waals surface area contributed by atoms with Crippen molar-refractivity contribution in [2.75, 3.05) is 70.7 Å². The van der Waals surface area contributed by atoms with Gasteiger partial charge in [-0.2, -0.15) is 0 Å². The number of aromatic hydroxyl groups is 6. The Bertz CT molecular complexity index is 4580. The molecule has 0 bridgehead atoms. The van der Waals surface area contributed by atoms with Crippen molar-refractivity contribution in [2.24, 2.45) is 0 Å². The fourth-order valence-corrected chi connectivity index (χ4v) is 9.26. The van der Waals surface area contributed by atoms with Crippen LogP contribution < -0.4 is 42.5 Å². The van der Waals surface area contributed by atoms with E-state index in [1.165, 1.54) is 64.1 Å². The first kappa shape index (κ1) is 72.2. The van der Waals surface area contributed by atoms with Crippen LogP contribution in [0.2, 0.25) is 0 Å². The van der Waals surface area contributed by atoms with Crippen molar-refractivity contribution in [1.29, 1.82) is 0 Å². The molecule has 0 radical (unpaired) electrons.